The fourth-order valence-electron chi connectivity index (χ4n) is 1.15. The molecule has 0 aliphatic rings. The third-order valence-corrected chi connectivity index (χ3v) is 2.15. The van der Waals surface area contributed by atoms with E-state index in [1.165, 1.54) is 12.1 Å². The Morgan fingerprint density at radius 1 is 1.38 bits per heavy atom. The summed E-state index contributed by atoms with van der Waals surface area (Å²) in [6.45, 7) is 0. The van der Waals surface area contributed by atoms with Gasteiger partial charge in [0.05, 0.1) is 5.56 Å². The highest BCUT2D eigenvalue weighted by molar-refractivity contribution is 9.10. The van der Waals surface area contributed by atoms with Crippen LogP contribution in [-0.2, 0) is 0 Å². The standard InChI is InChI=1S/C9H5BrO3/c10-9-3-5-1-7(12)6(4-11)2-8(5)13-9/h1-4,12H. The van der Waals surface area contributed by atoms with E-state index >= 15 is 0 Å². The smallest absolute Gasteiger partial charge is 0.170 e. The van der Waals surface area contributed by atoms with Crippen LogP contribution in [0, 0.1) is 0 Å². The van der Waals surface area contributed by atoms with Crippen LogP contribution >= 0.6 is 15.9 Å². The van der Waals surface area contributed by atoms with Crippen molar-refractivity contribution in [3.05, 3.63) is 28.4 Å². The van der Waals surface area contributed by atoms with Crippen molar-refractivity contribution in [2.24, 2.45) is 0 Å². The molecule has 0 saturated heterocycles. The monoisotopic (exact) mass is 240 g/mol. The minimum absolute atomic E-state index is 0.0317. The third-order valence-electron chi connectivity index (χ3n) is 1.76. The molecule has 0 radical (unpaired) electrons. The molecule has 0 bridgehead atoms. The molecule has 1 N–H and O–H groups in total. The highest BCUT2D eigenvalue weighted by atomic mass is 79.9. The Hall–Kier alpha value is -1.29. The molecular weight excluding hydrogens is 236 g/mol. The molecule has 3 nitrogen and oxygen atoms in total. The molecule has 13 heavy (non-hydrogen) atoms. The van der Waals surface area contributed by atoms with Crippen molar-refractivity contribution in [3.63, 3.8) is 0 Å². The molecule has 0 fully saturated rings. The highest BCUT2D eigenvalue weighted by Gasteiger charge is 2.06. The molecule has 1 aromatic heterocycles. The van der Waals surface area contributed by atoms with Gasteiger partial charge in [0.1, 0.15) is 11.3 Å². The number of benzene rings is 1. The molecule has 0 atom stereocenters. The third kappa shape index (κ3) is 1.33. The lowest BCUT2D eigenvalue weighted by Crippen LogP contribution is -1.79. The molecule has 0 unspecified atom stereocenters. The minimum atomic E-state index is -0.0317. The zero-order valence-corrected chi connectivity index (χ0v) is 8.04. The number of fused-ring (bicyclic) bond motifs is 1. The van der Waals surface area contributed by atoms with E-state index in [1.54, 1.807) is 6.07 Å². The van der Waals surface area contributed by atoms with Gasteiger partial charge in [0, 0.05) is 5.39 Å². The first-order chi connectivity index (χ1) is 6.20. The largest absolute Gasteiger partial charge is 0.507 e. The summed E-state index contributed by atoms with van der Waals surface area (Å²) in [6.07, 6.45) is 0.588. The molecule has 66 valence electrons. The Morgan fingerprint density at radius 3 is 2.85 bits per heavy atom. The molecule has 2 rings (SSSR count). The van der Waals surface area contributed by atoms with Gasteiger partial charge in [-0.1, -0.05) is 0 Å². The molecule has 4 heteroatoms. The van der Waals surface area contributed by atoms with Crippen molar-refractivity contribution in [3.8, 4) is 5.75 Å². The summed E-state index contributed by atoms with van der Waals surface area (Å²) < 4.78 is 5.79. The molecule has 0 spiro atoms. The number of furan rings is 1. The van der Waals surface area contributed by atoms with E-state index in [4.69, 9.17) is 4.42 Å². The topological polar surface area (TPSA) is 50.4 Å². The van der Waals surface area contributed by atoms with Gasteiger partial charge in [0.2, 0.25) is 0 Å². The second-order valence-electron chi connectivity index (χ2n) is 2.62. The summed E-state index contributed by atoms with van der Waals surface area (Å²) in [4.78, 5) is 10.5. The number of hydrogen-bond donors (Lipinski definition) is 1. The molecule has 0 saturated carbocycles. The molecule has 0 aliphatic heterocycles. The average molecular weight is 241 g/mol. The Kier molecular flexibility index (Phi) is 1.84. The number of phenols is 1. The maximum Gasteiger partial charge on any atom is 0.170 e. The number of phenolic OH excluding ortho intramolecular Hbond substituents is 1. The van der Waals surface area contributed by atoms with Crippen molar-refractivity contribution in [1.82, 2.24) is 0 Å². The fourth-order valence-corrected chi connectivity index (χ4v) is 1.57. The van der Waals surface area contributed by atoms with Crippen LogP contribution in [0.5, 0.6) is 5.75 Å². The van der Waals surface area contributed by atoms with Crippen molar-refractivity contribution in [2.75, 3.05) is 0 Å². The van der Waals surface area contributed by atoms with Crippen LogP contribution in [0.1, 0.15) is 10.4 Å². The maximum atomic E-state index is 10.5. The normalized spacial score (nSPS) is 10.5. The van der Waals surface area contributed by atoms with Crippen LogP contribution in [0.2, 0.25) is 0 Å². The zero-order chi connectivity index (χ0) is 9.42. The van der Waals surface area contributed by atoms with Crippen molar-refractivity contribution in [1.29, 1.82) is 0 Å². The van der Waals surface area contributed by atoms with Crippen LogP contribution in [0.15, 0.2) is 27.3 Å². The number of rotatable bonds is 1. The van der Waals surface area contributed by atoms with E-state index in [1.807, 2.05) is 0 Å². The van der Waals surface area contributed by atoms with Gasteiger partial charge < -0.3 is 9.52 Å². The Labute approximate surface area is 82.1 Å². The SMILES string of the molecule is O=Cc1cc2oc(Br)cc2cc1O. The summed E-state index contributed by atoms with van der Waals surface area (Å²) in [6, 6.07) is 4.72. The number of halogens is 1. The van der Waals surface area contributed by atoms with E-state index in [2.05, 4.69) is 15.9 Å². The van der Waals surface area contributed by atoms with E-state index < -0.39 is 0 Å². The van der Waals surface area contributed by atoms with Gasteiger partial charge in [-0.05, 0) is 34.1 Å². The van der Waals surface area contributed by atoms with E-state index in [-0.39, 0.29) is 11.3 Å². The first kappa shape index (κ1) is 8.31. The van der Waals surface area contributed by atoms with Crippen molar-refractivity contribution < 1.29 is 14.3 Å². The van der Waals surface area contributed by atoms with Gasteiger partial charge in [-0.25, -0.2) is 0 Å². The van der Waals surface area contributed by atoms with E-state index in [9.17, 15) is 9.90 Å². The molecule has 0 amide bonds. The summed E-state index contributed by atoms with van der Waals surface area (Å²) in [5.41, 5.74) is 0.807. The second kappa shape index (κ2) is 2.88. The first-order valence-corrected chi connectivity index (χ1v) is 4.37. The Balaban J connectivity index is 2.79. The lowest BCUT2D eigenvalue weighted by atomic mass is 10.1. The molecule has 0 aliphatic carbocycles. The number of aldehydes is 1. The van der Waals surface area contributed by atoms with E-state index in [0.717, 1.165) is 5.39 Å². The van der Waals surface area contributed by atoms with Gasteiger partial charge in [-0.2, -0.15) is 0 Å². The van der Waals surface area contributed by atoms with Gasteiger partial charge in [0.15, 0.2) is 11.0 Å². The number of carbonyl (C=O) groups excluding carboxylic acids is 1. The number of carbonyl (C=O) groups is 1. The highest BCUT2D eigenvalue weighted by Crippen LogP contribution is 2.28. The minimum Gasteiger partial charge on any atom is -0.507 e. The summed E-state index contributed by atoms with van der Waals surface area (Å²) in [5.74, 6) is -0.0317. The van der Waals surface area contributed by atoms with Crippen molar-refractivity contribution >= 4 is 33.2 Å². The van der Waals surface area contributed by atoms with Crippen LogP contribution < -0.4 is 0 Å². The average Bonchev–Trinajstić information content (AvgIpc) is 2.42. The van der Waals surface area contributed by atoms with Crippen molar-refractivity contribution in [2.45, 2.75) is 0 Å². The second-order valence-corrected chi connectivity index (χ2v) is 3.40. The molecule has 1 aromatic carbocycles. The number of aromatic hydroxyl groups is 1. The predicted molar refractivity (Wildman–Crippen MR) is 51.0 cm³/mol. The van der Waals surface area contributed by atoms with Gasteiger partial charge in [-0.15, -0.1) is 0 Å². The predicted octanol–water partition coefficient (Wildman–Crippen LogP) is 2.71. The Bertz CT molecular complexity index is 473. The van der Waals surface area contributed by atoms with Gasteiger partial charge in [0.25, 0.3) is 0 Å². The van der Waals surface area contributed by atoms with Crippen LogP contribution in [0.3, 0.4) is 0 Å². The Morgan fingerprint density at radius 2 is 2.15 bits per heavy atom. The van der Waals surface area contributed by atoms with Crippen LogP contribution in [0.25, 0.3) is 11.0 Å². The molecular formula is C9H5BrO3. The van der Waals surface area contributed by atoms with Gasteiger partial charge >= 0.3 is 0 Å². The summed E-state index contributed by atoms with van der Waals surface area (Å²) in [7, 11) is 0. The first-order valence-electron chi connectivity index (χ1n) is 3.58. The lowest BCUT2D eigenvalue weighted by molar-refractivity contribution is 0.112. The quantitative estimate of drug-likeness (QED) is 0.781. The van der Waals surface area contributed by atoms with Crippen LogP contribution in [0.4, 0.5) is 0 Å². The number of hydrogen-bond acceptors (Lipinski definition) is 3. The molecule has 2 aromatic rings. The van der Waals surface area contributed by atoms with Gasteiger partial charge in [-0.3, -0.25) is 4.79 Å². The zero-order valence-electron chi connectivity index (χ0n) is 6.45. The maximum absolute atomic E-state index is 10.5. The summed E-state index contributed by atoms with van der Waals surface area (Å²) in [5, 5.41) is 10.1. The fraction of sp³-hybridized carbons (Fsp3) is 0. The van der Waals surface area contributed by atoms with Crippen LogP contribution in [-0.4, -0.2) is 11.4 Å². The summed E-state index contributed by atoms with van der Waals surface area (Å²) >= 11 is 3.16. The van der Waals surface area contributed by atoms with E-state index in [0.29, 0.717) is 16.5 Å². The molecule has 1 heterocycles. The lowest BCUT2D eigenvalue weighted by Gasteiger charge is -1.95.